The number of hydrogen-bond donors (Lipinski definition) is 0. The summed E-state index contributed by atoms with van der Waals surface area (Å²) >= 11 is 2.47. The molecule has 2 unspecified atom stereocenters. The zero-order valence-electron chi connectivity index (χ0n) is 21.8. The van der Waals surface area contributed by atoms with Crippen LogP contribution in [0.1, 0.15) is 61.3 Å². The number of esters is 1. The van der Waals surface area contributed by atoms with Gasteiger partial charge in [-0.1, -0.05) is 71.1 Å². The summed E-state index contributed by atoms with van der Waals surface area (Å²) in [5.41, 5.74) is 0. The van der Waals surface area contributed by atoms with Crippen molar-refractivity contribution in [3.63, 3.8) is 0 Å². The molecule has 0 bridgehead atoms. The molecular formula is C23H49IO4Si2. The second kappa shape index (κ2) is 12.1. The highest BCUT2D eigenvalue weighted by Crippen LogP contribution is 2.38. The Labute approximate surface area is 203 Å². The van der Waals surface area contributed by atoms with Crippen LogP contribution < -0.4 is 0 Å². The molecule has 0 rings (SSSR count). The highest BCUT2D eigenvalue weighted by molar-refractivity contribution is 14.1. The van der Waals surface area contributed by atoms with E-state index in [2.05, 4.69) is 97.2 Å². The molecular weight excluding hydrogens is 523 g/mol. The second-order valence-corrected chi connectivity index (χ2v) is 22.3. The third-order valence-electron chi connectivity index (χ3n) is 7.39. The van der Waals surface area contributed by atoms with E-state index >= 15 is 0 Å². The molecule has 0 amide bonds. The third kappa shape index (κ3) is 9.59. The number of rotatable bonds is 12. The molecule has 7 heteroatoms. The van der Waals surface area contributed by atoms with Crippen molar-refractivity contribution in [1.82, 2.24) is 0 Å². The van der Waals surface area contributed by atoms with Crippen molar-refractivity contribution in [3.05, 3.63) is 0 Å². The summed E-state index contributed by atoms with van der Waals surface area (Å²) in [6, 6.07) is 0. The minimum atomic E-state index is -1.89. The van der Waals surface area contributed by atoms with Gasteiger partial charge in [0.15, 0.2) is 16.6 Å². The molecule has 4 nitrogen and oxygen atoms in total. The van der Waals surface area contributed by atoms with Crippen molar-refractivity contribution in [1.29, 1.82) is 0 Å². The molecule has 0 fully saturated rings. The van der Waals surface area contributed by atoms with Crippen molar-refractivity contribution in [2.45, 2.75) is 97.6 Å². The van der Waals surface area contributed by atoms with Gasteiger partial charge >= 0.3 is 5.97 Å². The Kier molecular flexibility index (Phi) is 12.4. The molecule has 3 atom stereocenters. The van der Waals surface area contributed by atoms with Gasteiger partial charge in [0.25, 0.3) is 0 Å². The van der Waals surface area contributed by atoms with E-state index in [1.165, 1.54) is 7.11 Å². The predicted molar refractivity (Wildman–Crippen MR) is 143 cm³/mol. The van der Waals surface area contributed by atoms with Crippen LogP contribution in [-0.2, 0) is 18.4 Å². The molecule has 0 N–H and O–H groups in total. The third-order valence-corrected chi connectivity index (χ3v) is 17.5. The lowest BCUT2D eigenvalue weighted by Crippen LogP contribution is -2.43. The van der Waals surface area contributed by atoms with E-state index in [4.69, 9.17) is 13.6 Å². The van der Waals surface area contributed by atoms with Crippen LogP contribution in [0.15, 0.2) is 0 Å². The van der Waals surface area contributed by atoms with Crippen LogP contribution >= 0.6 is 22.6 Å². The molecule has 0 aromatic carbocycles. The Balaban J connectivity index is 4.95. The molecule has 0 spiro atoms. The van der Waals surface area contributed by atoms with Gasteiger partial charge in [-0.15, -0.1) is 0 Å². The summed E-state index contributed by atoms with van der Waals surface area (Å²) in [4.78, 5) is 12.4. The quantitative estimate of drug-likeness (QED) is 0.107. The molecule has 0 saturated heterocycles. The molecule has 0 aromatic heterocycles. The molecule has 0 heterocycles. The van der Waals surface area contributed by atoms with Crippen molar-refractivity contribution >= 4 is 45.2 Å². The summed E-state index contributed by atoms with van der Waals surface area (Å²) in [6.07, 6.45) is 1.80. The highest BCUT2D eigenvalue weighted by Gasteiger charge is 2.39. The van der Waals surface area contributed by atoms with E-state index in [9.17, 15) is 4.79 Å². The van der Waals surface area contributed by atoms with Crippen LogP contribution in [-0.4, -0.2) is 47.4 Å². The van der Waals surface area contributed by atoms with E-state index in [0.717, 1.165) is 23.9 Å². The Hall–Kier alpha value is 0.554. The number of carbonyl (C=O) groups excluding carboxylic acids is 1. The first-order valence-electron chi connectivity index (χ1n) is 11.3. The van der Waals surface area contributed by atoms with Gasteiger partial charge in [-0.2, -0.15) is 0 Å². The van der Waals surface area contributed by atoms with Gasteiger partial charge < -0.3 is 13.6 Å². The molecule has 0 radical (unpaired) electrons. The maximum Gasteiger partial charge on any atom is 0.310 e. The molecule has 0 aliphatic heterocycles. The topological polar surface area (TPSA) is 44.8 Å². The van der Waals surface area contributed by atoms with Gasteiger partial charge in [-0.25, -0.2) is 0 Å². The number of methoxy groups -OCH3 is 1. The van der Waals surface area contributed by atoms with Crippen LogP contribution in [0.25, 0.3) is 0 Å². The predicted octanol–water partition coefficient (Wildman–Crippen LogP) is 7.29. The standard InChI is InChI=1S/C23H49IO4Si2/c1-18(16-27-29(9,10)22(2,3)4)19(15-24)13-14-20(21(25)26-8)17-28-30(11,12)23(5,6)7/h18-20H,13-17H2,1-12H3/t18?,19-,20?/m1/s1. The molecule has 0 saturated carbocycles. The zero-order valence-corrected chi connectivity index (χ0v) is 25.9. The first-order valence-corrected chi connectivity index (χ1v) is 18.7. The van der Waals surface area contributed by atoms with Gasteiger partial charge in [0.2, 0.25) is 0 Å². The van der Waals surface area contributed by atoms with E-state index in [0.29, 0.717) is 18.4 Å². The van der Waals surface area contributed by atoms with Crippen LogP contribution in [0.4, 0.5) is 0 Å². The summed E-state index contributed by atoms with van der Waals surface area (Å²) in [5.74, 6) is 0.653. The minimum Gasteiger partial charge on any atom is -0.469 e. The van der Waals surface area contributed by atoms with Gasteiger partial charge in [-0.05, 0) is 60.9 Å². The average molecular weight is 573 g/mol. The second-order valence-electron chi connectivity index (χ2n) is 11.8. The lowest BCUT2D eigenvalue weighted by molar-refractivity contribution is -0.147. The van der Waals surface area contributed by atoms with E-state index in [1.54, 1.807) is 0 Å². The Bertz CT molecular complexity index is 524. The SMILES string of the molecule is COC(=O)C(CC[C@H](CI)C(C)CO[Si](C)(C)C(C)(C)C)CO[Si](C)(C)C(C)(C)C. The van der Waals surface area contributed by atoms with Gasteiger partial charge in [0.1, 0.15) is 0 Å². The molecule has 30 heavy (non-hydrogen) atoms. The lowest BCUT2D eigenvalue weighted by atomic mass is 9.89. The first kappa shape index (κ1) is 30.6. The first-order chi connectivity index (χ1) is 13.4. The fourth-order valence-electron chi connectivity index (χ4n) is 2.58. The Morgan fingerprint density at radius 1 is 0.867 bits per heavy atom. The molecule has 0 aliphatic rings. The number of halogens is 1. The van der Waals surface area contributed by atoms with Crippen LogP contribution in [0.3, 0.4) is 0 Å². The van der Waals surface area contributed by atoms with Crippen LogP contribution in [0, 0.1) is 17.8 Å². The number of carbonyl (C=O) groups is 1. The van der Waals surface area contributed by atoms with Gasteiger partial charge in [-0.3, -0.25) is 4.79 Å². The maximum absolute atomic E-state index is 12.4. The summed E-state index contributed by atoms with van der Waals surface area (Å²) in [6.45, 7) is 26.1. The number of alkyl halides is 1. The fraction of sp³-hybridized carbons (Fsp3) is 0.957. The van der Waals surface area contributed by atoms with Crippen molar-refractivity contribution in [2.24, 2.45) is 17.8 Å². The van der Waals surface area contributed by atoms with Crippen molar-refractivity contribution in [3.8, 4) is 0 Å². The molecule has 0 aromatic rings. The van der Waals surface area contributed by atoms with Crippen LogP contribution in [0.5, 0.6) is 0 Å². The van der Waals surface area contributed by atoms with Crippen molar-refractivity contribution in [2.75, 3.05) is 24.8 Å². The van der Waals surface area contributed by atoms with Crippen LogP contribution in [0.2, 0.25) is 36.3 Å². The smallest absolute Gasteiger partial charge is 0.310 e. The van der Waals surface area contributed by atoms with Gasteiger partial charge in [0.05, 0.1) is 13.0 Å². The minimum absolute atomic E-state index is 0.133. The summed E-state index contributed by atoms with van der Waals surface area (Å²) in [5, 5.41) is 0.359. The summed E-state index contributed by atoms with van der Waals surface area (Å²) < 4.78 is 19.0. The monoisotopic (exact) mass is 572 g/mol. The highest BCUT2D eigenvalue weighted by atomic mass is 127. The largest absolute Gasteiger partial charge is 0.469 e. The molecule has 180 valence electrons. The van der Waals surface area contributed by atoms with E-state index < -0.39 is 16.6 Å². The van der Waals surface area contributed by atoms with E-state index in [1.807, 2.05) is 0 Å². The zero-order chi connectivity index (χ0) is 24.0. The Morgan fingerprint density at radius 3 is 1.67 bits per heavy atom. The fourth-order valence-corrected chi connectivity index (χ4v) is 6.05. The molecule has 0 aliphatic carbocycles. The van der Waals surface area contributed by atoms with Gasteiger partial charge in [0, 0.05) is 17.6 Å². The maximum atomic E-state index is 12.4. The number of ether oxygens (including phenoxy) is 1. The summed E-state index contributed by atoms with van der Waals surface area (Å²) in [7, 11) is -2.15. The Morgan fingerprint density at radius 2 is 1.30 bits per heavy atom. The average Bonchev–Trinajstić information content (AvgIpc) is 2.60. The number of hydrogen-bond acceptors (Lipinski definition) is 4. The van der Waals surface area contributed by atoms with Crippen molar-refractivity contribution < 1.29 is 18.4 Å². The normalized spacial score (nSPS) is 16.8. The lowest BCUT2D eigenvalue weighted by Gasteiger charge is -2.38. The van der Waals surface area contributed by atoms with E-state index in [-0.39, 0.29) is 22.0 Å².